The minimum absolute atomic E-state index is 0.0911. The molecule has 0 spiro atoms. The molecule has 0 saturated carbocycles. The summed E-state index contributed by atoms with van der Waals surface area (Å²) in [4.78, 5) is 32.6. The first kappa shape index (κ1) is 22.0. The van der Waals surface area contributed by atoms with E-state index in [1.54, 1.807) is 29.2 Å². The van der Waals surface area contributed by atoms with E-state index in [4.69, 9.17) is 4.74 Å². The average Bonchev–Trinajstić information content (AvgIpc) is 3.42. The van der Waals surface area contributed by atoms with Gasteiger partial charge >= 0.3 is 0 Å². The van der Waals surface area contributed by atoms with E-state index in [0.29, 0.717) is 30.2 Å². The number of rotatable bonds is 6. The molecule has 2 heterocycles. The lowest BCUT2D eigenvalue weighted by Gasteiger charge is -2.17. The molecule has 2 N–H and O–H groups in total. The van der Waals surface area contributed by atoms with Gasteiger partial charge in [0.15, 0.2) is 5.78 Å². The van der Waals surface area contributed by atoms with E-state index in [9.17, 15) is 14.7 Å². The van der Waals surface area contributed by atoms with E-state index in [-0.39, 0.29) is 17.4 Å². The van der Waals surface area contributed by atoms with Crippen LogP contribution in [0, 0.1) is 0 Å². The molecule has 0 saturated heterocycles. The number of amides is 1. The molecule has 1 aliphatic rings. The summed E-state index contributed by atoms with van der Waals surface area (Å²) in [5.74, 6) is 0.401. The SMILES string of the molecule is CC(=O)c1cc2cc(C(=O)N3CCc4c3cc(O)c3ccccc43)[nH]c2cc1OCCN(C)C. The van der Waals surface area contributed by atoms with E-state index < -0.39 is 0 Å². The van der Waals surface area contributed by atoms with Crippen molar-refractivity contribution >= 4 is 39.1 Å². The van der Waals surface area contributed by atoms with Crippen LogP contribution in [0.3, 0.4) is 0 Å². The summed E-state index contributed by atoms with van der Waals surface area (Å²) in [6, 6.07) is 14.7. The lowest BCUT2D eigenvalue weighted by Crippen LogP contribution is -2.29. The molecule has 0 aliphatic carbocycles. The van der Waals surface area contributed by atoms with Crippen molar-refractivity contribution in [3.05, 3.63) is 65.4 Å². The van der Waals surface area contributed by atoms with Crippen LogP contribution in [0.5, 0.6) is 11.5 Å². The molecule has 7 heteroatoms. The van der Waals surface area contributed by atoms with Crippen molar-refractivity contribution in [1.82, 2.24) is 9.88 Å². The number of H-pyrrole nitrogens is 1. The van der Waals surface area contributed by atoms with Crippen molar-refractivity contribution in [1.29, 1.82) is 0 Å². The lowest BCUT2D eigenvalue weighted by atomic mass is 10.0. The van der Waals surface area contributed by atoms with Gasteiger partial charge in [0.1, 0.15) is 23.8 Å². The maximum atomic E-state index is 13.5. The molecule has 1 aromatic heterocycles. The molecule has 7 nitrogen and oxygen atoms in total. The van der Waals surface area contributed by atoms with Crippen LogP contribution in [0.1, 0.15) is 33.3 Å². The number of benzene rings is 3. The Balaban J connectivity index is 1.50. The first-order chi connectivity index (χ1) is 16.3. The minimum Gasteiger partial charge on any atom is -0.507 e. The summed E-state index contributed by atoms with van der Waals surface area (Å²) in [5, 5.41) is 13.1. The summed E-state index contributed by atoms with van der Waals surface area (Å²) in [5.41, 5.74) is 3.45. The molecule has 34 heavy (non-hydrogen) atoms. The fraction of sp³-hybridized carbons (Fsp3) is 0.259. The van der Waals surface area contributed by atoms with Gasteiger partial charge in [0.05, 0.1) is 11.3 Å². The topological polar surface area (TPSA) is 85.9 Å². The van der Waals surface area contributed by atoms with Crippen LogP contribution in [0.15, 0.2) is 48.5 Å². The standard InChI is InChI=1S/C27H27N3O4/c1-16(31)21-12-17-13-23(28-22(17)14-26(21)34-11-10-29(2)3)27(33)30-9-8-19-18-6-4-5-7-20(18)25(32)15-24(19)30/h4-7,12-15,28,32H,8-11H2,1-3H3. The number of phenolic OH excluding ortho intramolecular Hbond substituents is 1. The van der Waals surface area contributed by atoms with Gasteiger partial charge in [-0.1, -0.05) is 24.3 Å². The lowest BCUT2D eigenvalue weighted by molar-refractivity contribution is 0.0983. The Morgan fingerprint density at radius 1 is 1.12 bits per heavy atom. The monoisotopic (exact) mass is 457 g/mol. The van der Waals surface area contributed by atoms with Crippen LogP contribution >= 0.6 is 0 Å². The molecule has 1 amide bonds. The van der Waals surface area contributed by atoms with Gasteiger partial charge < -0.3 is 24.6 Å². The number of aromatic amines is 1. The first-order valence-corrected chi connectivity index (χ1v) is 11.3. The summed E-state index contributed by atoms with van der Waals surface area (Å²) in [6.07, 6.45) is 0.723. The van der Waals surface area contributed by atoms with Gasteiger partial charge in [-0.25, -0.2) is 0 Å². The molecule has 174 valence electrons. The van der Waals surface area contributed by atoms with Crippen LogP contribution in [0.25, 0.3) is 21.7 Å². The maximum absolute atomic E-state index is 13.5. The Morgan fingerprint density at radius 3 is 2.62 bits per heavy atom. The summed E-state index contributed by atoms with van der Waals surface area (Å²) in [7, 11) is 3.92. The molecule has 5 rings (SSSR count). The normalized spacial score (nSPS) is 13.1. The Hall–Kier alpha value is -3.84. The average molecular weight is 458 g/mol. The molecular formula is C27H27N3O4. The first-order valence-electron chi connectivity index (χ1n) is 11.3. The number of nitrogens with one attached hydrogen (secondary N) is 1. The number of anilines is 1. The van der Waals surface area contributed by atoms with Crippen molar-refractivity contribution in [2.24, 2.45) is 0 Å². The molecule has 0 bridgehead atoms. The van der Waals surface area contributed by atoms with Crippen molar-refractivity contribution < 1.29 is 19.4 Å². The third-order valence-corrected chi connectivity index (χ3v) is 6.36. The van der Waals surface area contributed by atoms with Gasteiger partial charge in [0.2, 0.25) is 0 Å². The number of carbonyl (C=O) groups excluding carboxylic acids is 2. The summed E-state index contributed by atoms with van der Waals surface area (Å²) in [6.45, 7) is 3.22. The van der Waals surface area contributed by atoms with E-state index in [2.05, 4.69) is 4.98 Å². The van der Waals surface area contributed by atoms with Crippen molar-refractivity contribution in [2.75, 3.05) is 38.7 Å². The van der Waals surface area contributed by atoms with Crippen molar-refractivity contribution in [2.45, 2.75) is 13.3 Å². The highest BCUT2D eigenvalue weighted by Gasteiger charge is 2.29. The van der Waals surface area contributed by atoms with Crippen LogP contribution in [0.2, 0.25) is 0 Å². The fourth-order valence-corrected chi connectivity index (χ4v) is 4.61. The summed E-state index contributed by atoms with van der Waals surface area (Å²) >= 11 is 0. The number of likely N-dealkylation sites (N-methyl/N-ethyl adjacent to an activating group) is 1. The number of carbonyl (C=O) groups is 2. The summed E-state index contributed by atoms with van der Waals surface area (Å²) < 4.78 is 5.88. The fourth-order valence-electron chi connectivity index (χ4n) is 4.61. The Labute approximate surface area is 197 Å². The van der Waals surface area contributed by atoms with Gasteiger partial charge in [0.25, 0.3) is 5.91 Å². The second kappa shape index (κ2) is 8.50. The Kier molecular flexibility index (Phi) is 5.49. The second-order valence-electron chi connectivity index (χ2n) is 8.97. The second-order valence-corrected chi connectivity index (χ2v) is 8.97. The Bertz CT molecular complexity index is 1440. The zero-order valence-corrected chi connectivity index (χ0v) is 19.5. The van der Waals surface area contributed by atoms with Crippen LogP contribution in [-0.2, 0) is 6.42 Å². The highest BCUT2D eigenvalue weighted by atomic mass is 16.5. The highest BCUT2D eigenvalue weighted by Crippen LogP contribution is 2.40. The molecule has 0 radical (unpaired) electrons. The van der Waals surface area contributed by atoms with E-state index in [0.717, 1.165) is 45.9 Å². The molecule has 0 atom stereocenters. The van der Waals surface area contributed by atoms with E-state index in [1.165, 1.54) is 6.92 Å². The third-order valence-electron chi connectivity index (χ3n) is 6.36. The van der Waals surface area contributed by atoms with Crippen molar-refractivity contribution in [3.8, 4) is 11.5 Å². The van der Waals surface area contributed by atoms with Crippen molar-refractivity contribution in [3.63, 3.8) is 0 Å². The number of aromatic hydroxyl groups is 1. The zero-order chi connectivity index (χ0) is 24.0. The number of ether oxygens (including phenoxy) is 1. The van der Waals surface area contributed by atoms with Gasteiger partial charge in [-0.3, -0.25) is 9.59 Å². The van der Waals surface area contributed by atoms with E-state index >= 15 is 0 Å². The number of aromatic nitrogens is 1. The zero-order valence-electron chi connectivity index (χ0n) is 19.5. The van der Waals surface area contributed by atoms with Crippen LogP contribution < -0.4 is 9.64 Å². The number of hydrogen-bond donors (Lipinski definition) is 2. The highest BCUT2D eigenvalue weighted by molar-refractivity contribution is 6.11. The maximum Gasteiger partial charge on any atom is 0.274 e. The number of hydrogen-bond acceptors (Lipinski definition) is 5. The molecule has 4 aromatic rings. The van der Waals surface area contributed by atoms with Gasteiger partial charge in [0, 0.05) is 41.5 Å². The molecule has 1 aliphatic heterocycles. The quantitative estimate of drug-likeness (QED) is 0.420. The number of ketones is 1. The molecule has 0 fully saturated rings. The number of nitrogens with zero attached hydrogens (tertiary/aromatic N) is 2. The molecular weight excluding hydrogens is 430 g/mol. The van der Waals surface area contributed by atoms with Crippen LogP contribution in [0.4, 0.5) is 5.69 Å². The number of Topliss-reactive ketones (excluding diaryl/α,β-unsaturated/α-hetero) is 1. The predicted octanol–water partition coefficient (Wildman–Crippen LogP) is 4.37. The number of phenols is 1. The van der Waals surface area contributed by atoms with Gasteiger partial charge in [-0.15, -0.1) is 0 Å². The van der Waals surface area contributed by atoms with Gasteiger partial charge in [-0.05, 0) is 50.5 Å². The van der Waals surface area contributed by atoms with Gasteiger partial charge in [-0.2, -0.15) is 0 Å². The Morgan fingerprint density at radius 2 is 1.88 bits per heavy atom. The minimum atomic E-state index is -0.177. The number of fused-ring (bicyclic) bond motifs is 4. The van der Waals surface area contributed by atoms with Crippen LogP contribution in [-0.4, -0.2) is 60.5 Å². The van der Waals surface area contributed by atoms with E-state index in [1.807, 2.05) is 43.3 Å². The molecule has 0 unspecified atom stereocenters. The largest absolute Gasteiger partial charge is 0.507 e. The molecule has 3 aromatic carbocycles. The predicted molar refractivity (Wildman–Crippen MR) is 133 cm³/mol. The smallest absolute Gasteiger partial charge is 0.274 e. The third kappa shape index (κ3) is 3.78.